The molecule has 100 valence electrons. The molecule has 0 N–H and O–H groups in total. The highest BCUT2D eigenvalue weighted by molar-refractivity contribution is 5.63. The number of oxime groups is 1. The Morgan fingerprint density at radius 1 is 1.22 bits per heavy atom. The molecule has 1 aromatic rings. The molecule has 2 nitrogen and oxygen atoms in total. The third-order valence-electron chi connectivity index (χ3n) is 2.00. The lowest BCUT2D eigenvalue weighted by Crippen LogP contribution is -2.07. The van der Waals surface area contributed by atoms with Crippen LogP contribution in [0.1, 0.15) is 31.9 Å². The van der Waals surface area contributed by atoms with Gasteiger partial charge in [-0.3, -0.25) is 0 Å². The molecule has 0 amide bonds. The molecule has 0 heterocycles. The molecule has 0 fully saturated rings. The first-order chi connectivity index (χ1) is 8.18. The van der Waals surface area contributed by atoms with Gasteiger partial charge in [0.2, 0.25) is 0 Å². The van der Waals surface area contributed by atoms with Crippen LogP contribution < -0.4 is 0 Å². The number of halogens is 3. The Labute approximate surface area is 104 Å². The highest BCUT2D eigenvalue weighted by atomic mass is 19.4. The summed E-state index contributed by atoms with van der Waals surface area (Å²) in [6.45, 7) is 5.87. The van der Waals surface area contributed by atoms with E-state index in [0.717, 1.165) is 12.1 Å². The molecule has 0 aliphatic carbocycles. The topological polar surface area (TPSA) is 21.6 Å². The van der Waals surface area contributed by atoms with Crippen LogP contribution in [0.25, 0.3) is 0 Å². The quantitative estimate of drug-likeness (QED) is 0.587. The lowest BCUT2D eigenvalue weighted by Gasteiger charge is -2.10. The molecule has 5 heteroatoms. The molecule has 1 aromatic carbocycles. The zero-order valence-electron chi connectivity index (χ0n) is 10.6. The first-order valence-corrected chi connectivity index (χ1v) is 5.51. The van der Waals surface area contributed by atoms with E-state index < -0.39 is 11.7 Å². The summed E-state index contributed by atoms with van der Waals surface area (Å²) in [5, 5.41) is 3.72. The Morgan fingerprint density at radius 3 is 2.44 bits per heavy atom. The van der Waals surface area contributed by atoms with Crippen molar-refractivity contribution in [2.24, 2.45) is 10.6 Å². The van der Waals surface area contributed by atoms with Crippen molar-refractivity contribution in [3.05, 3.63) is 35.4 Å². The molecular formula is C13H16F3NO. The van der Waals surface area contributed by atoms with Gasteiger partial charge in [0.1, 0.15) is 6.61 Å². The van der Waals surface area contributed by atoms with Crippen LogP contribution in [-0.2, 0) is 17.6 Å². The predicted molar refractivity (Wildman–Crippen MR) is 64.2 cm³/mol. The molecule has 0 saturated carbocycles. The monoisotopic (exact) mass is 259 g/mol. The predicted octanol–water partition coefficient (Wildman–Crippen LogP) is 4.25. The van der Waals surface area contributed by atoms with E-state index >= 15 is 0 Å². The van der Waals surface area contributed by atoms with Crippen molar-refractivity contribution in [1.82, 2.24) is 0 Å². The Hall–Kier alpha value is -1.52. The number of hydrogen-bond acceptors (Lipinski definition) is 2. The zero-order chi connectivity index (χ0) is 13.8. The fourth-order valence-corrected chi connectivity index (χ4v) is 1.14. The second-order valence-corrected chi connectivity index (χ2v) is 5.07. The van der Waals surface area contributed by atoms with Crippen LogP contribution in [0.2, 0.25) is 0 Å². The smallest absolute Gasteiger partial charge is 0.391 e. The molecule has 0 spiro atoms. The standard InChI is InChI=1S/C13H16F3NO/c1-12(2,3)9-17-18-8-10-5-4-6-11(7-10)13(14,15)16/h4-7,9H,8H2,1-3H3. The summed E-state index contributed by atoms with van der Waals surface area (Å²) in [6, 6.07) is 5.02. The van der Waals surface area contributed by atoms with Gasteiger partial charge in [0.05, 0.1) is 5.56 Å². The first kappa shape index (κ1) is 14.5. The summed E-state index contributed by atoms with van der Waals surface area (Å²) in [5.74, 6) is 0. The highest BCUT2D eigenvalue weighted by Crippen LogP contribution is 2.29. The van der Waals surface area contributed by atoms with Gasteiger partial charge in [0.25, 0.3) is 0 Å². The molecule has 1 rings (SSSR count). The van der Waals surface area contributed by atoms with E-state index in [1.54, 1.807) is 12.3 Å². The van der Waals surface area contributed by atoms with Gasteiger partial charge in [-0.05, 0) is 17.7 Å². The van der Waals surface area contributed by atoms with Gasteiger partial charge in [-0.1, -0.05) is 38.1 Å². The van der Waals surface area contributed by atoms with Crippen LogP contribution in [0.15, 0.2) is 29.4 Å². The molecule has 18 heavy (non-hydrogen) atoms. The third-order valence-corrected chi connectivity index (χ3v) is 2.00. The normalized spacial score (nSPS) is 13.0. The lowest BCUT2D eigenvalue weighted by molar-refractivity contribution is -0.137. The van der Waals surface area contributed by atoms with E-state index in [4.69, 9.17) is 4.84 Å². The second-order valence-electron chi connectivity index (χ2n) is 5.07. The summed E-state index contributed by atoms with van der Waals surface area (Å²) < 4.78 is 37.3. The summed E-state index contributed by atoms with van der Waals surface area (Å²) in [5.41, 5.74) is -0.354. The maximum atomic E-state index is 12.4. The highest BCUT2D eigenvalue weighted by Gasteiger charge is 2.30. The molecule has 0 aliphatic rings. The van der Waals surface area contributed by atoms with Crippen LogP contribution >= 0.6 is 0 Å². The molecule has 0 aliphatic heterocycles. The summed E-state index contributed by atoms with van der Waals surface area (Å²) in [6.07, 6.45) is -2.72. The molecule has 0 radical (unpaired) electrons. The van der Waals surface area contributed by atoms with Crippen molar-refractivity contribution in [3.63, 3.8) is 0 Å². The lowest BCUT2D eigenvalue weighted by atomic mass is 10.00. The fraction of sp³-hybridized carbons (Fsp3) is 0.462. The van der Waals surface area contributed by atoms with Crippen molar-refractivity contribution in [1.29, 1.82) is 0 Å². The Bertz CT molecular complexity index is 419. The van der Waals surface area contributed by atoms with E-state index in [1.807, 2.05) is 20.8 Å². The van der Waals surface area contributed by atoms with Crippen LogP contribution in [0, 0.1) is 5.41 Å². The Kier molecular flexibility index (Phi) is 4.38. The third kappa shape index (κ3) is 5.21. The molecule has 0 saturated heterocycles. The van der Waals surface area contributed by atoms with Gasteiger partial charge >= 0.3 is 6.18 Å². The Balaban J connectivity index is 2.61. The first-order valence-electron chi connectivity index (χ1n) is 5.51. The van der Waals surface area contributed by atoms with Crippen LogP contribution in [0.3, 0.4) is 0 Å². The van der Waals surface area contributed by atoms with Gasteiger partial charge in [-0.25, -0.2) is 0 Å². The number of alkyl halides is 3. The van der Waals surface area contributed by atoms with Crippen molar-refractivity contribution < 1.29 is 18.0 Å². The average molecular weight is 259 g/mol. The van der Waals surface area contributed by atoms with Gasteiger partial charge in [0, 0.05) is 11.6 Å². The van der Waals surface area contributed by atoms with E-state index in [9.17, 15) is 13.2 Å². The maximum absolute atomic E-state index is 12.4. The number of nitrogens with zero attached hydrogens (tertiary/aromatic N) is 1. The number of benzene rings is 1. The maximum Gasteiger partial charge on any atom is 0.416 e. The average Bonchev–Trinajstić information content (AvgIpc) is 2.22. The Morgan fingerprint density at radius 2 is 1.89 bits per heavy atom. The van der Waals surface area contributed by atoms with E-state index in [-0.39, 0.29) is 12.0 Å². The van der Waals surface area contributed by atoms with Crippen LogP contribution in [-0.4, -0.2) is 6.21 Å². The molecule has 0 atom stereocenters. The molecule has 0 unspecified atom stereocenters. The minimum absolute atomic E-state index is 0.0243. The van der Waals surface area contributed by atoms with E-state index in [1.165, 1.54) is 6.07 Å². The summed E-state index contributed by atoms with van der Waals surface area (Å²) in [7, 11) is 0. The van der Waals surface area contributed by atoms with Crippen LogP contribution in [0.4, 0.5) is 13.2 Å². The zero-order valence-corrected chi connectivity index (χ0v) is 10.6. The van der Waals surface area contributed by atoms with Gasteiger partial charge in [-0.15, -0.1) is 0 Å². The van der Waals surface area contributed by atoms with Crippen LogP contribution in [0.5, 0.6) is 0 Å². The second kappa shape index (κ2) is 5.42. The number of hydrogen-bond donors (Lipinski definition) is 0. The van der Waals surface area contributed by atoms with Crippen molar-refractivity contribution in [2.45, 2.75) is 33.6 Å². The van der Waals surface area contributed by atoms with Gasteiger partial charge in [0.15, 0.2) is 0 Å². The SMILES string of the molecule is CC(C)(C)C=NOCc1cccc(C(F)(F)F)c1. The molecule has 0 bridgehead atoms. The van der Waals surface area contributed by atoms with Gasteiger partial charge in [-0.2, -0.15) is 13.2 Å². The summed E-state index contributed by atoms with van der Waals surface area (Å²) in [4.78, 5) is 4.97. The number of rotatable bonds is 3. The fourth-order valence-electron chi connectivity index (χ4n) is 1.14. The minimum atomic E-state index is -4.33. The van der Waals surface area contributed by atoms with Crippen molar-refractivity contribution in [3.8, 4) is 0 Å². The van der Waals surface area contributed by atoms with Crippen molar-refractivity contribution >= 4 is 6.21 Å². The minimum Gasteiger partial charge on any atom is -0.391 e. The van der Waals surface area contributed by atoms with Crippen molar-refractivity contribution in [2.75, 3.05) is 0 Å². The van der Waals surface area contributed by atoms with E-state index in [2.05, 4.69) is 5.16 Å². The molecular weight excluding hydrogens is 243 g/mol. The van der Waals surface area contributed by atoms with E-state index in [0.29, 0.717) is 5.56 Å². The summed E-state index contributed by atoms with van der Waals surface area (Å²) >= 11 is 0. The molecule has 0 aromatic heterocycles. The van der Waals surface area contributed by atoms with Gasteiger partial charge < -0.3 is 4.84 Å². The largest absolute Gasteiger partial charge is 0.416 e.